The first kappa shape index (κ1) is 17.7. The minimum atomic E-state index is 0.0439. The molecule has 1 amide bonds. The summed E-state index contributed by atoms with van der Waals surface area (Å²) >= 11 is 0. The summed E-state index contributed by atoms with van der Waals surface area (Å²) < 4.78 is 2.22. The molecule has 21 heavy (non-hydrogen) atoms. The van der Waals surface area contributed by atoms with Crippen LogP contribution in [0.4, 0.5) is 0 Å². The number of aromatic nitrogens is 1. The van der Waals surface area contributed by atoms with E-state index in [-0.39, 0.29) is 11.3 Å². The Bertz CT molecular complexity index is 418. The number of nitrogens with zero attached hydrogens (tertiary/aromatic N) is 1. The van der Waals surface area contributed by atoms with Gasteiger partial charge in [0.2, 0.25) is 5.91 Å². The number of nitrogens with one attached hydrogen (secondary N) is 1. The van der Waals surface area contributed by atoms with Crippen molar-refractivity contribution in [3.63, 3.8) is 0 Å². The summed E-state index contributed by atoms with van der Waals surface area (Å²) in [4.78, 5) is 11.8. The lowest BCUT2D eigenvalue weighted by Crippen LogP contribution is -2.33. The van der Waals surface area contributed by atoms with Gasteiger partial charge in [-0.05, 0) is 17.4 Å². The molecule has 0 unspecified atom stereocenters. The molecule has 0 fully saturated rings. The van der Waals surface area contributed by atoms with Crippen molar-refractivity contribution in [3.05, 3.63) is 30.1 Å². The first-order valence-electron chi connectivity index (χ1n) is 8.15. The van der Waals surface area contributed by atoms with Gasteiger partial charge in [0.05, 0.1) is 0 Å². The van der Waals surface area contributed by atoms with Crippen molar-refractivity contribution < 1.29 is 9.36 Å². The molecular formula is C18H31N2O+. The Hall–Kier alpha value is -1.38. The second kappa shape index (κ2) is 8.81. The first-order valence-corrected chi connectivity index (χ1v) is 8.15. The minimum Gasteiger partial charge on any atom is -0.352 e. The van der Waals surface area contributed by atoms with Crippen LogP contribution in [-0.2, 0) is 17.9 Å². The summed E-state index contributed by atoms with van der Waals surface area (Å²) in [6.07, 6.45) is 9.91. The molecule has 1 N–H and O–H groups in total. The highest BCUT2D eigenvalue weighted by Gasteiger charge is 2.15. The van der Waals surface area contributed by atoms with E-state index in [1.54, 1.807) is 0 Å². The number of unbranched alkanes of at least 4 members (excludes halogenated alkanes) is 3. The molecule has 0 aliphatic heterocycles. The molecular weight excluding hydrogens is 260 g/mol. The molecule has 0 bridgehead atoms. The predicted octanol–water partition coefficient (Wildman–Crippen LogP) is 3.61. The van der Waals surface area contributed by atoms with E-state index >= 15 is 0 Å². The number of aryl methyl sites for hydroxylation is 1. The van der Waals surface area contributed by atoms with Gasteiger partial charge in [-0.2, -0.15) is 0 Å². The van der Waals surface area contributed by atoms with Crippen LogP contribution in [0.25, 0.3) is 0 Å². The summed E-state index contributed by atoms with van der Waals surface area (Å²) in [5.41, 5.74) is 1.20. The molecule has 1 aromatic heterocycles. The monoisotopic (exact) mass is 291 g/mol. The molecule has 1 rings (SSSR count). The SMILES string of the molecule is CCCCCC[n+]1ccc(CNC(=O)CC(C)(C)C)cc1. The second-order valence-corrected chi connectivity index (χ2v) is 7.02. The minimum absolute atomic E-state index is 0.0439. The number of hydrogen-bond acceptors (Lipinski definition) is 1. The maximum Gasteiger partial charge on any atom is 0.220 e. The van der Waals surface area contributed by atoms with Crippen molar-refractivity contribution in [1.82, 2.24) is 5.32 Å². The zero-order valence-corrected chi connectivity index (χ0v) is 14.1. The average Bonchev–Trinajstić information content (AvgIpc) is 2.41. The molecule has 3 nitrogen and oxygen atoms in total. The normalized spacial score (nSPS) is 11.4. The van der Waals surface area contributed by atoms with Gasteiger partial charge in [0, 0.05) is 31.5 Å². The van der Waals surface area contributed by atoms with E-state index in [0.29, 0.717) is 13.0 Å². The van der Waals surface area contributed by atoms with Crippen LogP contribution in [0, 0.1) is 5.41 Å². The third-order valence-electron chi connectivity index (χ3n) is 3.41. The smallest absolute Gasteiger partial charge is 0.220 e. The van der Waals surface area contributed by atoms with E-state index in [2.05, 4.69) is 62.1 Å². The third-order valence-corrected chi connectivity index (χ3v) is 3.41. The first-order chi connectivity index (χ1) is 9.90. The predicted molar refractivity (Wildman–Crippen MR) is 86.7 cm³/mol. The Balaban J connectivity index is 2.32. The van der Waals surface area contributed by atoms with Crippen LogP contribution in [0.3, 0.4) is 0 Å². The van der Waals surface area contributed by atoms with Crippen LogP contribution in [0.2, 0.25) is 0 Å². The van der Waals surface area contributed by atoms with Crippen molar-refractivity contribution in [2.75, 3.05) is 0 Å². The van der Waals surface area contributed by atoms with E-state index in [0.717, 1.165) is 12.1 Å². The number of carbonyl (C=O) groups is 1. The van der Waals surface area contributed by atoms with Gasteiger partial charge in [-0.15, -0.1) is 0 Å². The van der Waals surface area contributed by atoms with Crippen LogP contribution in [-0.4, -0.2) is 5.91 Å². The highest BCUT2D eigenvalue weighted by molar-refractivity contribution is 5.76. The zero-order valence-electron chi connectivity index (χ0n) is 14.1. The molecule has 3 heteroatoms. The van der Waals surface area contributed by atoms with Crippen molar-refractivity contribution >= 4 is 5.91 Å². The summed E-state index contributed by atoms with van der Waals surface area (Å²) in [6, 6.07) is 4.19. The quantitative estimate of drug-likeness (QED) is 0.576. The van der Waals surface area contributed by atoms with Crippen LogP contribution in [0.15, 0.2) is 24.5 Å². The highest BCUT2D eigenvalue weighted by Crippen LogP contribution is 2.17. The van der Waals surface area contributed by atoms with Crippen LogP contribution < -0.4 is 9.88 Å². The summed E-state index contributed by atoms with van der Waals surface area (Å²) in [6.45, 7) is 10.2. The van der Waals surface area contributed by atoms with E-state index in [1.165, 1.54) is 25.7 Å². The molecule has 0 atom stereocenters. The zero-order chi connectivity index (χ0) is 15.7. The summed E-state index contributed by atoms with van der Waals surface area (Å²) in [5.74, 6) is 0.124. The van der Waals surface area contributed by atoms with Gasteiger partial charge < -0.3 is 5.32 Å². The summed E-state index contributed by atoms with van der Waals surface area (Å²) in [7, 11) is 0. The van der Waals surface area contributed by atoms with Crippen molar-refractivity contribution in [1.29, 1.82) is 0 Å². The number of pyridine rings is 1. The number of hydrogen-bond donors (Lipinski definition) is 1. The van der Waals surface area contributed by atoms with Crippen molar-refractivity contribution in [2.24, 2.45) is 5.41 Å². The van der Waals surface area contributed by atoms with Gasteiger partial charge in [0.25, 0.3) is 0 Å². The molecule has 0 saturated carbocycles. The van der Waals surface area contributed by atoms with Gasteiger partial charge in [0.1, 0.15) is 6.54 Å². The Morgan fingerprint density at radius 2 is 1.81 bits per heavy atom. The lowest BCUT2D eigenvalue weighted by atomic mass is 9.92. The number of amides is 1. The molecule has 0 radical (unpaired) electrons. The van der Waals surface area contributed by atoms with Crippen molar-refractivity contribution in [2.45, 2.75) is 72.9 Å². The molecule has 0 saturated heterocycles. The van der Waals surface area contributed by atoms with E-state index in [4.69, 9.17) is 0 Å². The Morgan fingerprint density at radius 3 is 2.38 bits per heavy atom. The molecule has 1 heterocycles. The largest absolute Gasteiger partial charge is 0.352 e. The van der Waals surface area contributed by atoms with Crippen LogP contribution in [0.5, 0.6) is 0 Å². The Morgan fingerprint density at radius 1 is 1.14 bits per heavy atom. The topological polar surface area (TPSA) is 33.0 Å². The van der Waals surface area contributed by atoms with Crippen molar-refractivity contribution in [3.8, 4) is 0 Å². The standard InChI is InChI=1S/C18H30N2O/c1-5-6-7-8-11-20-12-9-16(10-13-20)15-19-17(21)14-18(2,3)4/h9-10,12-13H,5-8,11,14-15H2,1-4H3/p+1. The van der Waals surface area contributed by atoms with Gasteiger partial charge in [-0.1, -0.05) is 40.5 Å². The third kappa shape index (κ3) is 8.49. The fourth-order valence-corrected chi connectivity index (χ4v) is 2.22. The fourth-order valence-electron chi connectivity index (χ4n) is 2.22. The maximum atomic E-state index is 11.8. The number of rotatable bonds is 8. The van der Waals surface area contributed by atoms with Gasteiger partial charge >= 0.3 is 0 Å². The van der Waals surface area contributed by atoms with E-state index in [9.17, 15) is 4.79 Å². The maximum absolute atomic E-state index is 11.8. The van der Waals surface area contributed by atoms with Gasteiger partial charge in [-0.3, -0.25) is 4.79 Å². The molecule has 1 aromatic rings. The lowest BCUT2D eigenvalue weighted by molar-refractivity contribution is -0.697. The van der Waals surface area contributed by atoms with E-state index in [1.807, 2.05) is 0 Å². The molecule has 118 valence electrons. The molecule has 0 aliphatic rings. The highest BCUT2D eigenvalue weighted by atomic mass is 16.1. The fraction of sp³-hybridized carbons (Fsp3) is 0.667. The van der Waals surface area contributed by atoms with Gasteiger partial charge in [0.15, 0.2) is 12.4 Å². The molecule has 0 aromatic carbocycles. The average molecular weight is 291 g/mol. The lowest BCUT2D eigenvalue weighted by Gasteiger charge is -2.17. The van der Waals surface area contributed by atoms with E-state index < -0.39 is 0 Å². The van der Waals surface area contributed by atoms with Gasteiger partial charge in [-0.25, -0.2) is 4.57 Å². The Labute approximate surface area is 129 Å². The van der Waals surface area contributed by atoms with Crippen LogP contribution >= 0.6 is 0 Å². The summed E-state index contributed by atoms with van der Waals surface area (Å²) in [5, 5.41) is 2.99. The molecule has 0 aliphatic carbocycles. The number of carbonyl (C=O) groups excluding carboxylic acids is 1. The molecule has 0 spiro atoms. The Kier molecular flexibility index (Phi) is 7.41. The van der Waals surface area contributed by atoms with Crippen LogP contribution in [0.1, 0.15) is 65.4 Å². The second-order valence-electron chi connectivity index (χ2n) is 7.02.